The van der Waals surface area contributed by atoms with Gasteiger partial charge in [-0.1, -0.05) is 6.42 Å². The van der Waals surface area contributed by atoms with Gasteiger partial charge in [-0.15, -0.1) is 0 Å². The highest BCUT2D eigenvalue weighted by Gasteiger charge is 2.53. The summed E-state index contributed by atoms with van der Waals surface area (Å²) in [6.07, 6.45) is 7.15. The third kappa shape index (κ3) is 2.27. The molecule has 3 saturated carbocycles. The first-order chi connectivity index (χ1) is 10.2. The summed E-state index contributed by atoms with van der Waals surface area (Å²) in [6.45, 7) is 0. The van der Waals surface area contributed by atoms with Gasteiger partial charge in [-0.05, 0) is 73.6 Å². The fourth-order valence-corrected chi connectivity index (χ4v) is 5.24. The van der Waals surface area contributed by atoms with Crippen molar-refractivity contribution in [3.63, 3.8) is 0 Å². The van der Waals surface area contributed by atoms with Gasteiger partial charge >= 0.3 is 6.03 Å². The largest absolute Gasteiger partial charge is 0.382 e. The number of urea groups is 1. The monoisotopic (exact) mass is 285 g/mol. The van der Waals surface area contributed by atoms with Gasteiger partial charge in [0.2, 0.25) is 0 Å². The molecule has 5 atom stereocenters. The van der Waals surface area contributed by atoms with Gasteiger partial charge in [-0.2, -0.15) is 0 Å². The number of carbonyl (C=O) groups is 1. The second kappa shape index (κ2) is 4.93. The molecule has 5 unspecified atom stereocenters. The average molecular weight is 285 g/mol. The third-order valence-corrected chi connectivity index (χ3v) is 5.93. The molecule has 0 radical (unpaired) electrons. The number of hydrogen-bond acceptors (Lipinski definition) is 2. The molecule has 21 heavy (non-hydrogen) atoms. The van der Waals surface area contributed by atoms with Gasteiger partial charge in [0.15, 0.2) is 0 Å². The molecule has 4 heteroatoms. The maximum absolute atomic E-state index is 10.8. The van der Waals surface area contributed by atoms with Crippen LogP contribution in [-0.4, -0.2) is 12.1 Å². The van der Waals surface area contributed by atoms with Crippen molar-refractivity contribution in [1.29, 1.82) is 0 Å². The number of hydrogen-bond donors (Lipinski definition) is 3. The fraction of sp³-hybridized carbons (Fsp3) is 0.588. The number of fused-ring (bicyclic) bond motifs is 5. The summed E-state index contributed by atoms with van der Waals surface area (Å²) in [6, 6.07) is 7.99. The lowest BCUT2D eigenvalue weighted by molar-refractivity contribution is 0.243. The lowest BCUT2D eigenvalue weighted by atomic mass is 9.79. The van der Waals surface area contributed by atoms with Crippen LogP contribution in [0.4, 0.5) is 16.2 Å². The summed E-state index contributed by atoms with van der Waals surface area (Å²) in [5, 5.41) is 6.32. The zero-order valence-corrected chi connectivity index (χ0v) is 12.2. The smallest absolute Gasteiger partial charge is 0.316 e. The van der Waals surface area contributed by atoms with Crippen LogP contribution in [-0.2, 0) is 0 Å². The molecule has 3 fully saturated rings. The number of amides is 2. The summed E-state index contributed by atoms with van der Waals surface area (Å²) in [5.74, 6) is 3.87. The Kier molecular flexibility index (Phi) is 3.05. The van der Waals surface area contributed by atoms with Crippen molar-refractivity contribution in [3.05, 3.63) is 24.3 Å². The molecule has 1 aromatic carbocycles. The van der Waals surface area contributed by atoms with Crippen LogP contribution in [0.5, 0.6) is 0 Å². The van der Waals surface area contributed by atoms with E-state index in [0.29, 0.717) is 6.04 Å². The molecule has 3 aliphatic carbocycles. The highest BCUT2D eigenvalue weighted by molar-refractivity contribution is 5.87. The number of rotatable bonds is 3. The first-order valence-corrected chi connectivity index (χ1v) is 8.14. The van der Waals surface area contributed by atoms with Crippen LogP contribution < -0.4 is 16.4 Å². The molecule has 1 aromatic rings. The van der Waals surface area contributed by atoms with E-state index in [-0.39, 0.29) is 0 Å². The van der Waals surface area contributed by atoms with Crippen LogP contribution in [0, 0.1) is 23.7 Å². The fourth-order valence-electron chi connectivity index (χ4n) is 5.24. The molecule has 3 aliphatic rings. The predicted octanol–water partition coefficient (Wildman–Crippen LogP) is 3.41. The lowest BCUT2D eigenvalue weighted by Crippen LogP contribution is -2.33. The van der Waals surface area contributed by atoms with Gasteiger partial charge in [0, 0.05) is 17.4 Å². The van der Waals surface area contributed by atoms with Crippen molar-refractivity contribution in [1.82, 2.24) is 0 Å². The van der Waals surface area contributed by atoms with Crippen LogP contribution in [0.15, 0.2) is 24.3 Å². The summed E-state index contributed by atoms with van der Waals surface area (Å²) < 4.78 is 0. The van der Waals surface area contributed by atoms with E-state index in [9.17, 15) is 4.79 Å². The van der Waals surface area contributed by atoms with Crippen molar-refractivity contribution in [2.75, 3.05) is 10.6 Å². The summed E-state index contributed by atoms with van der Waals surface area (Å²) in [4.78, 5) is 10.8. The average Bonchev–Trinajstić information content (AvgIpc) is 3.12. The maximum Gasteiger partial charge on any atom is 0.316 e. The van der Waals surface area contributed by atoms with E-state index >= 15 is 0 Å². The molecule has 0 spiro atoms. The van der Waals surface area contributed by atoms with Crippen LogP contribution >= 0.6 is 0 Å². The van der Waals surface area contributed by atoms with E-state index in [0.717, 1.165) is 35.0 Å². The zero-order chi connectivity index (χ0) is 14.4. The van der Waals surface area contributed by atoms with E-state index in [1.807, 2.05) is 24.3 Å². The molecule has 0 aromatic heterocycles. The molecule has 0 saturated heterocycles. The topological polar surface area (TPSA) is 67.2 Å². The van der Waals surface area contributed by atoms with E-state index in [1.165, 1.54) is 32.1 Å². The minimum absolute atomic E-state index is 0.518. The SMILES string of the molecule is NC(=O)Nc1ccc(NC2CC3CC2C2CCCC32)cc1. The van der Waals surface area contributed by atoms with Crippen LogP contribution in [0.25, 0.3) is 0 Å². The molecular formula is C17H23N3O. The van der Waals surface area contributed by atoms with Crippen molar-refractivity contribution in [3.8, 4) is 0 Å². The predicted molar refractivity (Wildman–Crippen MR) is 84.1 cm³/mol. The van der Waals surface area contributed by atoms with Gasteiger partial charge in [0.05, 0.1) is 0 Å². The Morgan fingerprint density at radius 2 is 1.71 bits per heavy atom. The Bertz CT molecular complexity index is 541. The number of primary amides is 1. The summed E-state index contributed by atoms with van der Waals surface area (Å²) in [5.41, 5.74) is 7.02. The van der Waals surface area contributed by atoms with E-state index < -0.39 is 6.03 Å². The second-order valence-electron chi connectivity index (χ2n) is 6.97. The molecule has 2 bridgehead atoms. The molecule has 4 rings (SSSR count). The Hall–Kier alpha value is -1.71. The quantitative estimate of drug-likeness (QED) is 0.796. The first kappa shape index (κ1) is 13.0. The number of nitrogens with two attached hydrogens (primary N) is 1. The van der Waals surface area contributed by atoms with Crippen LogP contribution in [0.2, 0.25) is 0 Å². The van der Waals surface area contributed by atoms with Crippen molar-refractivity contribution in [2.45, 2.75) is 38.1 Å². The van der Waals surface area contributed by atoms with Crippen LogP contribution in [0.3, 0.4) is 0 Å². The molecule has 112 valence electrons. The van der Waals surface area contributed by atoms with E-state index in [2.05, 4.69) is 10.6 Å². The standard InChI is InChI=1S/C17H23N3O/c18-17(21)20-12-6-4-11(5-7-12)19-16-9-10-8-15(16)14-3-1-2-13(10)14/h4-7,10,13-16,19H,1-3,8-9H2,(H3,18,20,21). The Morgan fingerprint density at radius 3 is 2.48 bits per heavy atom. The molecule has 0 heterocycles. The van der Waals surface area contributed by atoms with E-state index in [4.69, 9.17) is 5.73 Å². The lowest BCUT2D eigenvalue weighted by Gasteiger charge is -2.32. The molecule has 4 N–H and O–H groups in total. The highest BCUT2D eigenvalue weighted by Crippen LogP contribution is 2.59. The summed E-state index contributed by atoms with van der Waals surface area (Å²) >= 11 is 0. The minimum Gasteiger partial charge on any atom is -0.382 e. The first-order valence-electron chi connectivity index (χ1n) is 8.14. The third-order valence-electron chi connectivity index (χ3n) is 5.93. The number of carbonyl (C=O) groups excluding carboxylic acids is 1. The zero-order valence-electron chi connectivity index (χ0n) is 12.2. The van der Waals surface area contributed by atoms with E-state index in [1.54, 1.807) is 0 Å². The summed E-state index contributed by atoms with van der Waals surface area (Å²) in [7, 11) is 0. The molecular weight excluding hydrogens is 262 g/mol. The van der Waals surface area contributed by atoms with Gasteiger partial charge in [-0.3, -0.25) is 0 Å². The second-order valence-corrected chi connectivity index (χ2v) is 6.97. The molecule has 4 nitrogen and oxygen atoms in total. The highest BCUT2D eigenvalue weighted by atomic mass is 16.2. The Balaban J connectivity index is 1.42. The minimum atomic E-state index is -0.518. The van der Waals surface area contributed by atoms with Crippen molar-refractivity contribution in [2.24, 2.45) is 29.4 Å². The number of benzene rings is 1. The van der Waals surface area contributed by atoms with Crippen molar-refractivity contribution >= 4 is 17.4 Å². The van der Waals surface area contributed by atoms with Gasteiger partial charge in [0.25, 0.3) is 0 Å². The van der Waals surface area contributed by atoms with Gasteiger partial charge in [-0.25, -0.2) is 4.79 Å². The van der Waals surface area contributed by atoms with Crippen molar-refractivity contribution < 1.29 is 4.79 Å². The number of nitrogens with one attached hydrogen (secondary N) is 2. The molecule has 2 amide bonds. The Labute approximate surface area is 125 Å². The maximum atomic E-state index is 10.8. The number of anilines is 2. The molecule has 0 aliphatic heterocycles. The normalized spacial score (nSPS) is 36.5. The van der Waals surface area contributed by atoms with Gasteiger partial charge < -0.3 is 16.4 Å². The Morgan fingerprint density at radius 1 is 1.00 bits per heavy atom. The van der Waals surface area contributed by atoms with Crippen LogP contribution in [0.1, 0.15) is 32.1 Å². The van der Waals surface area contributed by atoms with Gasteiger partial charge in [0.1, 0.15) is 0 Å².